The lowest BCUT2D eigenvalue weighted by atomic mass is 9.87. The third-order valence-corrected chi connectivity index (χ3v) is 10.6. The summed E-state index contributed by atoms with van der Waals surface area (Å²) in [7, 11) is -1.79. The van der Waals surface area contributed by atoms with Crippen LogP contribution in [0.3, 0.4) is 0 Å². The Morgan fingerprint density at radius 1 is 0.933 bits per heavy atom. The third-order valence-electron chi connectivity index (χ3n) is 6.17. The van der Waals surface area contributed by atoms with Crippen LogP contribution >= 0.6 is 0 Å². The van der Waals surface area contributed by atoms with Crippen molar-refractivity contribution in [2.75, 3.05) is 6.61 Å². The maximum Gasteiger partial charge on any atom is 0.192 e. The maximum atomic E-state index is 6.63. The lowest BCUT2D eigenvalue weighted by Gasteiger charge is -2.36. The molecule has 0 unspecified atom stereocenters. The van der Waals surface area contributed by atoms with E-state index < -0.39 is 8.32 Å². The van der Waals surface area contributed by atoms with E-state index in [2.05, 4.69) is 98.5 Å². The van der Waals surface area contributed by atoms with E-state index >= 15 is 0 Å². The van der Waals surface area contributed by atoms with Crippen LogP contribution < -0.4 is 0 Å². The molecule has 0 saturated carbocycles. The zero-order valence-corrected chi connectivity index (χ0v) is 22.7. The Morgan fingerprint density at radius 2 is 1.53 bits per heavy atom. The first-order chi connectivity index (χ1) is 13.7. The molecule has 0 saturated heterocycles. The highest BCUT2D eigenvalue weighted by atomic mass is 28.4. The SMILES string of the molecule is CCCCCCC(=C=C(CO[Si](C)(C)C(C)(C)C)CC(C)(C)C)c1ccc(C)cc1. The van der Waals surface area contributed by atoms with Gasteiger partial charge in [-0.1, -0.05) is 97.6 Å². The summed E-state index contributed by atoms with van der Waals surface area (Å²) in [6.07, 6.45) is 7.23. The molecule has 0 aliphatic carbocycles. The smallest absolute Gasteiger partial charge is 0.192 e. The van der Waals surface area contributed by atoms with E-state index in [0.717, 1.165) is 12.8 Å². The van der Waals surface area contributed by atoms with Crippen molar-refractivity contribution in [1.82, 2.24) is 0 Å². The van der Waals surface area contributed by atoms with Crippen molar-refractivity contribution in [3.8, 4) is 0 Å². The molecule has 1 aromatic rings. The standard InChI is InChI=1S/C28H48OSi/c1-11-12-13-14-15-26(25-18-16-23(2)17-19-25)20-24(21-27(3,4)5)22-29-30(9,10)28(6,7)8/h16-19H,11-15,21-22H2,1-10H3. The van der Waals surface area contributed by atoms with Gasteiger partial charge in [-0.05, 0) is 60.9 Å². The van der Waals surface area contributed by atoms with Crippen LogP contribution in [-0.4, -0.2) is 14.9 Å². The Balaban J connectivity index is 3.31. The predicted molar refractivity (Wildman–Crippen MR) is 138 cm³/mol. The van der Waals surface area contributed by atoms with E-state index in [1.54, 1.807) is 0 Å². The van der Waals surface area contributed by atoms with E-state index in [1.807, 2.05) is 0 Å². The van der Waals surface area contributed by atoms with Crippen LogP contribution in [0.2, 0.25) is 18.1 Å². The molecule has 30 heavy (non-hydrogen) atoms. The first kappa shape index (κ1) is 27.0. The molecule has 1 rings (SSSR count). The second-order valence-corrected chi connectivity index (χ2v) is 16.5. The minimum Gasteiger partial charge on any atom is -0.412 e. The first-order valence-electron chi connectivity index (χ1n) is 11.9. The fourth-order valence-corrected chi connectivity index (χ4v) is 4.20. The molecule has 0 amide bonds. The Bertz CT molecular complexity index is 704. The monoisotopic (exact) mass is 428 g/mol. The number of hydrogen-bond acceptors (Lipinski definition) is 1. The van der Waals surface area contributed by atoms with E-state index in [1.165, 1.54) is 48.0 Å². The molecule has 2 heteroatoms. The van der Waals surface area contributed by atoms with Gasteiger partial charge >= 0.3 is 0 Å². The van der Waals surface area contributed by atoms with Gasteiger partial charge in [-0.3, -0.25) is 0 Å². The van der Waals surface area contributed by atoms with Crippen molar-refractivity contribution in [3.05, 3.63) is 46.7 Å². The molecule has 170 valence electrons. The van der Waals surface area contributed by atoms with Gasteiger partial charge in [0.05, 0.1) is 6.61 Å². The van der Waals surface area contributed by atoms with Gasteiger partial charge in [0.1, 0.15) is 0 Å². The highest BCUT2D eigenvalue weighted by Gasteiger charge is 2.37. The van der Waals surface area contributed by atoms with Crippen molar-refractivity contribution in [2.24, 2.45) is 5.41 Å². The van der Waals surface area contributed by atoms with E-state index in [4.69, 9.17) is 4.43 Å². The zero-order chi connectivity index (χ0) is 23.0. The van der Waals surface area contributed by atoms with E-state index in [0.29, 0.717) is 6.61 Å². The topological polar surface area (TPSA) is 9.23 Å². The molecule has 0 aliphatic heterocycles. The van der Waals surface area contributed by atoms with Crippen LogP contribution in [0.15, 0.2) is 35.6 Å². The van der Waals surface area contributed by atoms with Gasteiger partial charge in [-0.25, -0.2) is 0 Å². The lowest BCUT2D eigenvalue weighted by Crippen LogP contribution is -2.41. The zero-order valence-electron chi connectivity index (χ0n) is 21.7. The van der Waals surface area contributed by atoms with Crippen LogP contribution in [0.1, 0.15) is 98.1 Å². The number of rotatable bonds is 10. The number of unbranched alkanes of at least 4 members (excludes halogenated alkanes) is 3. The summed E-state index contributed by atoms with van der Waals surface area (Å²) in [5.74, 6) is 0. The molecule has 0 radical (unpaired) electrons. The van der Waals surface area contributed by atoms with Gasteiger partial charge in [-0.15, -0.1) is 5.73 Å². The molecule has 0 atom stereocenters. The summed E-state index contributed by atoms with van der Waals surface area (Å²) in [4.78, 5) is 0. The van der Waals surface area contributed by atoms with Crippen molar-refractivity contribution in [3.63, 3.8) is 0 Å². The second-order valence-electron chi connectivity index (χ2n) is 11.7. The lowest BCUT2D eigenvalue weighted by molar-refractivity contribution is 0.298. The van der Waals surface area contributed by atoms with Crippen molar-refractivity contribution >= 4 is 13.9 Å². The molecule has 0 aliphatic rings. The molecular formula is C28H48OSi. The number of aryl methyl sites for hydroxylation is 1. The largest absolute Gasteiger partial charge is 0.412 e. The molecule has 1 aromatic carbocycles. The van der Waals surface area contributed by atoms with Crippen LogP contribution in [0.25, 0.3) is 5.57 Å². The van der Waals surface area contributed by atoms with E-state index in [9.17, 15) is 0 Å². The molecule has 0 fully saturated rings. The highest BCUT2D eigenvalue weighted by Crippen LogP contribution is 2.37. The Hall–Kier alpha value is -1.08. The number of benzene rings is 1. The molecule has 1 nitrogen and oxygen atoms in total. The third kappa shape index (κ3) is 9.82. The second kappa shape index (κ2) is 11.5. The predicted octanol–water partition coefficient (Wildman–Crippen LogP) is 9.33. The summed E-state index contributed by atoms with van der Waals surface area (Å²) < 4.78 is 6.63. The highest BCUT2D eigenvalue weighted by molar-refractivity contribution is 6.74. The van der Waals surface area contributed by atoms with Crippen LogP contribution in [0.4, 0.5) is 0 Å². The summed E-state index contributed by atoms with van der Waals surface area (Å²) in [5, 5.41) is 0.226. The van der Waals surface area contributed by atoms with Crippen LogP contribution in [0.5, 0.6) is 0 Å². The maximum absolute atomic E-state index is 6.63. The molecule has 0 bridgehead atoms. The summed E-state index contributed by atoms with van der Waals surface area (Å²) in [5.41, 5.74) is 9.39. The summed E-state index contributed by atoms with van der Waals surface area (Å²) >= 11 is 0. The van der Waals surface area contributed by atoms with Crippen molar-refractivity contribution in [2.45, 2.75) is 112 Å². The molecule has 0 heterocycles. The van der Waals surface area contributed by atoms with Gasteiger partial charge in [0.15, 0.2) is 8.32 Å². The molecule has 0 spiro atoms. The summed E-state index contributed by atoms with van der Waals surface area (Å²) in [6.45, 7) is 23.7. The Labute approximate surface area is 189 Å². The minimum absolute atomic E-state index is 0.222. The molecule has 0 aromatic heterocycles. The normalized spacial score (nSPS) is 12.6. The quantitative estimate of drug-likeness (QED) is 0.205. The summed E-state index contributed by atoms with van der Waals surface area (Å²) in [6, 6.07) is 8.97. The van der Waals surface area contributed by atoms with Crippen LogP contribution in [-0.2, 0) is 4.43 Å². The molecular weight excluding hydrogens is 380 g/mol. The van der Waals surface area contributed by atoms with E-state index in [-0.39, 0.29) is 10.5 Å². The average Bonchev–Trinajstić information content (AvgIpc) is 2.61. The van der Waals surface area contributed by atoms with Crippen LogP contribution in [0, 0.1) is 12.3 Å². The Morgan fingerprint density at radius 3 is 2.03 bits per heavy atom. The van der Waals surface area contributed by atoms with Crippen molar-refractivity contribution < 1.29 is 4.43 Å². The first-order valence-corrected chi connectivity index (χ1v) is 14.8. The molecule has 0 N–H and O–H groups in total. The average molecular weight is 429 g/mol. The van der Waals surface area contributed by atoms with Gasteiger partial charge in [0, 0.05) is 5.57 Å². The van der Waals surface area contributed by atoms with Crippen molar-refractivity contribution in [1.29, 1.82) is 0 Å². The van der Waals surface area contributed by atoms with Gasteiger partial charge in [-0.2, -0.15) is 0 Å². The van der Waals surface area contributed by atoms with Gasteiger partial charge in [0.25, 0.3) is 0 Å². The van der Waals surface area contributed by atoms with Gasteiger partial charge in [0.2, 0.25) is 0 Å². The number of hydrogen-bond donors (Lipinski definition) is 0. The Kier molecular flexibility index (Phi) is 10.3. The fourth-order valence-electron chi connectivity index (χ4n) is 3.23. The minimum atomic E-state index is -1.79. The fraction of sp³-hybridized carbons (Fsp3) is 0.679. The van der Waals surface area contributed by atoms with Gasteiger partial charge < -0.3 is 4.43 Å².